The molecule has 1 N–H and O–H groups in total. The van der Waals surface area contributed by atoms with Crippen LogP contribution in [0.25, 0.3) is 6.08 Å². The van der Waals surface area contributed by atoms with Crippen molar-refractivity contribution in [1.29, 1.82) is 0 Å². The highest BCUT2D eigenvalue weighted by Gasteiger charge is 2.01. The van der Waals surface area contributed by atoms with Crippen molar-refractivity contribution in [3.63, 3.8) is 0 Å². The van der Waals surface area contributed by atoms with Crippen molar-refractivity contribution in [1.82, 2.24) is 0 Å². The lowest BCUT2D eigenvalue weighted by molar-refractivity contribution is -0.132. The molecule has 0 saturated carbocycles. The summed E-state index contributed by atoms with van der Waals surface area (Å²) in [5.41, 5.74) is 0.571. The van der Waals surface area contributed by atoms with Gasteiger partial charge in [-0.15, -0.1) is 0 Å². The summed E-state index contributed by atoms with van der Waals surface area (Å²) in [6.45, 7) is 1.43. The molecule has 1 aromatic carbocycles. The number of carbonyl (C=O) groups is 1. The second kappa shape index (κ2) is 4.24. The van der Waals surface area contributed by atoms with E-state index < -0.39 is 11.8 Å². The zero-order chi connectivity index (χ0) is 10.7. The molecule has 0 bridgehead atoms. The molecule has 14 heavy (non-hydrogen) atoms. The van der Waals surface area contributed by atoms with Gasteiger partial charge in [-0.1, -0.05) is 11.6 Å². The van der Waals surface area contributed by atoms with Crippen molar-refractivity contribution >= 4 is 23.6 Å². The number of aliphatic carboxylic acids is 1. The lowest BCUT2D eigenvalue weighted by atomic mass is 10.1. The minimum Gasteiger partial charge on any atom is -0.478 e. The first-order valence-corrected chi connectivity index (χ1v) is 4.24. The van der Waals surface area contributed by atoms with E-state index in [-0.39, 0.29) is 10.6 Å². The maximum atomic E-state index is 12.8. The maximum absolute atomic E-state index is 12.8. The maximum Gasteiger partial charge on any atom is 0.331 e. The molecule has 0 aliphatic carbocycles. The van der Waals surface area contributed by atoms with Crippen molar-refractivity contribution < 1.29 is 14.3 Å². The summed E-state index contributed by atoms with van der Waals surface area (Å²) in [6.07, 6.45) is 1.36. The third-order valence-electron chi connectivity index (χ3n) is 1.61. The number of benzene rings is 1. The van der Waals surface area contributed by atoms with Gasteiger partial charge in [0.25, 0.3) is 0 Å². The molecule has 0 aliphatic rings. The molecule has 0 unspecified atom stereocenters. The van der Waals surface area contributed by atoms with E-state index in [1.54, 1.807) is 0 Å². The normalized spacial score (nSPS) is 11.5. The lowest BCUT2D eigenvalue weighted by Gasteiger charge is -1.97. The van der Waals surface area contributed by atoms with E-state index >= 15 is 0 Å². The van der Waals surface area contributed by atoms with E-state index in [1.807, 2.05) is 0 Å². The molecular formula is C10H8ClFO2. The van der Waals surface area contributed by atoms with Gasteiger partial charge < -0.3 is 5.11 Å². The van der Waals surface area contributed by atoms with E-state index in [1.165, 1.54) is 25.1 Å². The van der Waals surface area contributed by atoms with Crippen molar-refractivity contribution in [2.45, 2.75) is 6.92 Å². The molecule has 0 atom stereocenters. The van der Waals surface area contributed by atoms with Crippen LogP contribution in [0.1, 0.15) is 12.5 Å². The number of carboxylic acid groups (broad SMARTS) is 1. The molecule has 0 aliphatic heterocycles. The third-order valence-corrected chi connectivity index (χ3v) is 1.82. The first-order chi connectivity index (χ1) is 6.49. The molecule has 4 heteroatoms. The molecule has 0 radical (unpaired) electrons. The SMILES string of the molecule is C/C(=C\c1cc(F)cc(Cl)c1)C(=O)O. The number of hydrogen-bond donors (Lipinski definition) is 1. The van der Waals surface area contributed by atoms with E-state index in [2.05, 4.69) is 0 Å². The predicted molar refractivity (Wildman–Crippen MR) is 52.7 cm³/mol. The first kappa shape index (κ1) is 10.7. The van der Waals surface area contributed by atoms with Gasteiger partial charge >= 0.3 is 5.97 Å². The van der Waals surface area contributed by atoms with Crippen LogP contribution in [0.4, 0.5) is 4.39 Å². The standard InChI is InChI=1S/C10H8ClFO2/c1-6(10(13)14)2-7-3-8(11)5-9(12)4-7/h2-5H,1H3,(H,13,14)/b6-2+. The first-order valence-electron chi connectivity index (χ1n) is 3.87. The minimum atomic E-state index is -1.04. The van der Waals surface area contributed by atoms with Crippen molar-refractivity contribution in [2.75, 3.05) is 0 Å². The number of halogens is 2. The average molecular weight is 215 g/mol. The highest BCUT2D eigenvalue weighted by Crippen LogP contribution is 2.16. The van der Waals surface area contributed by atoms with Gasteiger partial charge in [-0.2, -0.15) is 0 Å². The Bertz CT molecular complexity index is 379. The van der Waals surface area contributed by atoms with Gasteiger partial charge in [0.05, 0.1) is 0 Å². The van der Waals surface area contributed by atoms with Gasteiger partial charge in [-0.05, 0) is 36.8 Å². The zero-order valence-electron chi connectivity index (χ0n) is 7.42. The Morgan fingerprint density at radius 1 is 1.50 bits per heavy atom. The summed E-state index contributed by atoms with van der Waals surface area (Å²) < 4.78 is 12.8. The average Bonchev–Trinajstić information content (AvgIpc) is 2.01. The molecule has 0 amide bonds. The van der Waals surface area contributed by atoms with Crippen LogP contribution in [-0.4, -0.2) is 11.1 Å². The summed E-state index contributed by atoms with van der Waals surface area (Å²) in [5.74, 6) is -1.52. The smallest absolute Gasteiger partial charge is 0.331 e. The van der Waals surface area contributed by atoms with Gasteiger partial charge in [0, 0.05) is 10.6 Å². The predicted octanol–water partition coefficient (Wildman–Crippen LogP) is 2.97. The quantitative estimate of drug-likeness (QED) is 0.769. The minimum absolute atomic E-state index is 0.131. The molecule has 0 fully saturated rings. The lowest BCUT2D eigenvalue weighted by Crippen LogP contribution is -1.95. The number of rotatable bonds is 2. The van der Waals surface area contributed by atoms with E-state index in [0.29, 0.717) is 5.56 Å². The molecule has 1 rings (SSSR count). The highest BCUT2D eigenvalue weighted by molar-refractivity contribution is 6.30. The van der Waals surface area contributed by atoms with Crippen molar-refractivity contribution in [3.05, 3.63) is 40.2 Å². The Labute approximate surface area is 85.6 Å². The summed E-state index contributed by atoms with van der Waals surface area (Å²) >= 11 is 5.60. The van der Waals surface area contributed by atoms with Crippen molar-refractivity contribution in [3.8, 4) is 0 Å². The van der Waals surface area contributed by atoms with E-state index in [0.717, 1.165) is 6.07 Å². The molecule has 0 saturated heterocycles. The second-order valence-electron chi connectivity index (χ2n) is 2.84. The van der Waals surface area contributed by atoms with Crippen LogP contribution < -0.4 is 0 Å². The van der Waals surface area contributed by atoms with Gasteiger partial charge in [-0.25, -0.2) is 9.18 Å². The Kier molecular flexibility index (Phi) is 3.25. The van der Waals surface area contributed by atoms with Crippen LogP contribution >= 0.6 is 11.6 Å². The number of hydrogen-bond acceptors (Lipinski definition) is 1. The molecule has 0 heterocycles. The molecular weight excluding hydrogens is 207 g/mol. The zero-order valence-corrected chi connectivity index (χ0v) is 8.18. The summed E-state index contributed by atoms with van der Waals surface area (Å²) in [4.78, 5) is 10.5. The van der Waals surface area contributed by atoms with Gasteiger partial charge in [-0.3, -0.25) is 0 Å². The van der Waals surface area contributed by atoms with Crippen LogP contribution in [-0.2, 0) is 4.79 Å². The van der Waals surface area contributed by atoms with Crippen LogP contribution in [0, 0.1) is 5.82 Å². The molecule has 0 aromatic heterocycles. The topological polar surface area (TPSA) is 37.3 Å². The molecule has 2 nitrogen and oxygen atoms in total. The number of carboxylic acids is 1. The molecule has 1 aromatic rings. The third kappa shape index (κ3) is 2.85. The van der Waals surface area contributed by atoms with E-state index in [4.69, 9.17) is 16.7 Å². The summed E-state index contributed by atoms with van der Waals surface area (Å²) in [5, 5.41) is 8.83. The fourth-order valence-corrected chi connectivity index (χ4v) is 1.20. The largest absolute Gasteiger partial charge is 0.478 e. The second-order valence-corrected chi connectivity index (χ2v) is 3.27. The molecule has 0 spiro atoms. The Morgan fingerprint density at radius 3 is 2.64 bits per heavy atom. The van der Waals surface area contributed by atoms with Crippen molar-refractivity contribution in [2.24, 2.45) is 0 Å². The van der Waals surface area contributed by atoms with Crippen LogP contribution in [0.2, 0.25) is 5.02 Å². The highest BCUT2D eigenvalue weighted by atomic mass is 35.5. The molecule has 74 valence electrons. The van der Waals surface area contributed by atoms with E-state index in [9.17, 15) is 9.18 Å². The van der Waals surface area contributed by atoms with Crippen LogP contribution in [0.15, 0.2) is 23.8 Å². The Balaban J connectivity index is 3.08. The van der Waals surface area contributed by atoms with Gasteiger partial charge in [0.1, 0.15) is 5.82 Å². The fraction of sp³-hybridized carbons (Fsp3) is 0.100. The van der Waals surface area contributed by atoms with Crippen LogP contribution in [0.3, 0.4) is 0 Å². The Hall–Kier alpha value is -1.35. The Morgan fingerprint density at radius 2 is 2.14 bits per heavy atom. The van der Waals surface area contributed by atoms with Gasteiger partial charge in [0.15, 0.2) is 0 Å². The fourth-order valence-electron chi connectivity index (χ4n) is 0.970. The van der Waals surface area contributed by atoms with Gasteiger partial charge in [0.2, 0.25) is 0 Å². The summed E-state index contributed by atoms with van der Waals surface area (Å²) in [7, 11) is 0. The monoisotopic (exact) mass is 214 g/mol. The van der Waals surface area contributed by atoms with Crippen LogP contribution in [0.5, 0.6) is 0 Å². The summed E-state index contributed by atoms with van der Waals surface area (Å²) in [6, 6.07) is 3.88.